The number of aromatic hydroxyl groups is 1. The Hall–Kier alpha value is -3.29. The average molecular weight is 347 g/mol. The van der Waals surface area contributed by atoms with Gasteiger partial charge in [-0.05, 0) is 24.1 Å². The minimum Gasteiger partial charge on any atom is -0.505 e. The molecule has 0 atom stereocenters. The van der Waals surface area contributed by atoms with Crippen LogP contribution in [0.5, 0.6) is 5.75 Å². The molecule has 6 nitrogen and oxygen atoms in total. The monoisotopic (exact) mass is 347 g/mol. The van der Waals surface area contributed by atoms with Crippen molar-refractivity contribution in [2.45, 2.75) is 13.3 Å². The summed E-state index contributed by atoms with van der Waals surface area (Å²) in [6.45, 7) is 1.53. The van der Waals surface area contributed by atoms with E-state index in [-0.39, 0.29) is 28.5 Å². The van der Waals surface area contributed by atoms with Gasteiger partial charge >= 0.3 is 11.3 Å². The van der Waals surface area contributed by atoms with Gasteiger partial charge in [-0.25, -0.2) is 9.18 Å². The number of rotatable bonds is 3. The van der Waals surface area contributed by atoms with Crippen molar-refractivity contribution in [2.24, 2.45) is 0 Å². The lowest BCUT2D eigenvalue weighted by Crippen LogP contribution is -2.12. The van der Waals surface area contributed by atoms with Crippen LogP contribution in [-0.2, 0) is 6.42 Å². The second-order valence-corrected chi connectivity index (χ2v) is 5.48. The topological polar surface area (TPSA) is 93.6 Å². The highest BCUT2D eigenvalue weighted by molar-refractivity contribution is 5.82. The summed E-state index contributed by atoms with van der Waals surface area (Å²) in [4.78, 5) is 22.2. The highest BCUT2D eigenvalue weighted by Gasteiger charge is 2.20. The van der Waals surface area contributed by atoms with Crippen LogP contribution in [0.4, 0.5) is 14.5 Å². The summed E-state index contributed by atoms with van der Waals surface area (Å²) >= 11 is 0. The molecule has 25 heavy (non-hydrogen) atoms. The number of phenols is 1. The molecule has 8 heteroatoms. The van der Waals surface area contributed by atoms with Crippen LogP contribution in [0.15, 0.2) is 39.5 Å². The first-order valence-electron chi connectivity index (χ1n) is 7.16. The average Bonchev–Trinajstić information content (AvgIpc) is 2.55. The lowest BCUT2D eigenvalue weighted by molar-refractivity contribution is -0.387. The molecule has 0 aliphatic heterocycles. The number of fused-ring (bicyclic) bond motifs is 1. The Bertz CT molecular complexity index is 1070. The number of aryl methyl sites for hydroxylation is 1. The van der Waals surface area contributed by atoms with E-state index in [1.54, 1.807) is 0 Å². The normalized spacial score (nSPS) is 11.0. The minimum atomic E-state index is -1.04. The fourth-order valence-corrected chi connectivity index (χ4v) is 2.64. The lowest BCUT2D eigenvalue weighted by Gasteiger charge is -2.09. The molecule has 1 N–H and O–H groups in total. The maximum atomic E-state index is 14.2. The molecule has 1 aromatic heterocycles. The molecule has 0 fully saturated rings. The molecular weight excluding hydrogens is 336 g/mol. The van der Waals surface area contributed by atoms with Crippen molar-refractivity contribution in [3.05, 3.63) is 79.2 Å². The second kappa shape index (κ2) is 5.97. The highest BCUT2D eigenvalue weighted by Crippen LogP contribution is 2.28. The van der Waals surface area contributed by atoms with E-state index in [9.17, 15) is 28.8 Å². The van der Waals surface area contributed by atoms with Gasteiger partial charge in [0.1, 0.15) is 5.58 Å². The van der Waals surface area contributed by atoms with Gasteiger partial charge in [-0.15, -0.1) is 0 Å². The van der Waals surface area contributed by atoms with Crippen molar-refractivity contribution in [3.63, 3.8) is 0 Å². The molecule has 0 radical (unpaired) electrons. The van der Waals surface area contributed by atoms with Gasteiger partial charge in [-0.1, -0.05) is 12.1 Å². The number of halogens is 2. The van der Waals surface area contributed by atoms with Gasteiger partial charge in [0.25, 0.3) is 0 Å². The first-order valence-corrected chi connectivity index (χ1v) is 7.16. The van der Waals surface area contributed by atoms with Crippen LogP contribution in [0.2, 0.25) is 0 Å². The Balaban J connectivity index is 2.17. The standard InChI is InChI=1S/C17H11F2NO5/c1-8-10-6-12(18)14(21)7-15(10)25-17(22)11(8)5-9-3-2-4-13(16(9)19)20(23)24/h2-4,6-7,21H,5H2,1H3. The zero-order valence-corrected chi connectivity index (χ0v) is 12.9. The van der Waals surface area contributed by atoms with Gasteiger partial charge in [0.2, 0.25) is 5.82 Å². The van der Waals surface area contributed by atoms with E-state index >= 15 is 0 Å². The third-order valence-corrected chi connectivity index (χ3v) is 3.98. The summed E-state index contributed by atoms with van der Waals surface area (Å²) in [6, 6.07) is 5.65. The van der Waals surface area contributed by atoms with Gasteiger partial charge in [0, 0.05) is 29.5 Å². The number of nitrogens with zero attached hydrogens (tertiary/aromatic N) is 1. The zero-order valence-electron chi connectivity index (χ0n) is 12.9. The van der Waals surface area contributed by atoms with Gasteiger partial charge < -0.3 is 9.52 Å². The van der Waals surface area contributed by atoms with Gasteiger partial charge in [-0.3, -0.25) is 10.1 Å². The van der Waals surface area contributed by atoms with E-state index in [2.05, 4.69) is 0 Å². The minimum absolute atomic E-state index is 0.00957. The maximum absolute atomic E-state index is 14.2. The van der Waals surface area contributed by atoms with Gasteiger partial charge in [0.15, 0.2) is 11.6 Å². The summed E-state index contributed by atoms with van der Waals surface area (Å²) in [6.07, 6.45) is -0.250. The van der Waals surface area contributed by atoms with E-state index in [4.69, 9.17) is 4.42 Å². The lowest BCUT2D eigenvalue weighted by atomic mass is 9.99. The Morgan fingerprint density at radius 1 is 1.28 bits per heavy atom. The summed E-state index contributed by atoms with van der Waals surface area (Å²) in [7, 11) is 0. The smallest absolute Gasteiger partial charge is 0.340 e. The summed E-state index contributed by atoms with van der Waals surface area (Å²) in [5, 5.41) is 20.4. The van der Waals surface area contributed by atoms with Crippen LogP contribution < -0.4 is 5.63 Å². The molecule has 0 unspecified atom stereocenters. The summed E-state index contributed by atoms with van der Waals surface area (Å²) in [5.74, 6) is -2.59. The molecule has 0 aliphatic rings. The van der Waals surface area contributed by atoms with Crippen molar-refractivity contribution in [3.8, 4) is 5.75 Å². The fraction of sp³-hybridized carbons (Fsp3) is 0.118. The van der Waals surface area contributed by atoms with Crippen molar-refractivity contribution in [1.29, 1.82) is 0 Å². The first-order chi connectivity index (χ1) is 11.8. The summed E-state index contributed by atoms with van der Waals surface area (Å²) < 4.78 is 32.9. The van der Waals surface area contributed by atoms with Crippen LogP contribution >= 0.6 is 0 Å². The Morgan fingerprint density at radius 2 is 2.00 bits per heavy atom. The number of benzene rings is 2. The fourth-order valence-electron chi connectivity index (χ4n) is 2.64. The third-order valence-electron chi connectivity index (χ3n) is 3.98. The molecule has 0 bridgehead atoms. The van der Waals surface area contributed by atoms with Crippen molar-refractivity contribution < 1.29 is 23.2 Å². The van der Waals surface area contributed by atoms with Crippen LogP contribution in [0, 0.1) is 28.7 Å². The molecule has 0 saturated carbocycles. The van der Waals surface area contributed by atoms with Gasteiger partial charge in [0.05, 0.1) is 4.92 Å². The largest absolute Gasteiger partial charge is 0.505 e. The quantitative estimate of drug-likeness (QED) is 0.444. The zero-order chi connectivity index (χ0) is 18.3. The third kappa shape index (κ3) is 2.82. The molecule has 0 amide bonds. The van der Waals surface area contributed by atoms with Crippen LogP contribution in [0.25, 0.3) is 11.0 Å². The van der Waals surface area contributed by atoms with E-state index in [0.717, 1.165) is 18.2 Å². The number of nitro benzene ring substituents is 1. The molecule has 3 aromatic rings. The Kier molecular flexibility index (Phi) is 3.96. The van der Waals surface area contributed by atoms with Crippen LogP contribution in [-0.4, -0.2) is 10.0 Å². The van der Waals surface area contributed by atoms with Crippen molar-refractivity contribution in [2.75, 3.05) is 0 Å². The Morgan fingerprint density at radius 3 is 2.68 bits per heavy atom. The predicted molar refractivity (Wildman–Crippen MR) is 84.7 cm³/mol. The number of hydrogen-bond acceptors (Lipinski definition) is 5. The predicted octanol–water partition coefficient (Wildman–Crippen LogP) is 3.58. The Labute approximate surface area is 139 Å². The molecular formula is C17H11F2NO5. The first kappa shape index (κ1) is 16.6. The van der Waals surface area contributed by atoms with E-state index in [1.807, 2.05) is 0 Å². The molecule has 0 saturated heterocycles. The van der Waals surface area contributed by atoms with E-state index in [0.29, 0.717) is 5.56 Å². The molecule has 1 heterocycles. The molecule has 3 rings (SSSR count). The van der Waals surface area contributed by atoms with Crippen LogP contribution in [0.1, 0.15) is 16.7 Å². The highest BCUT2D eigenvalue weighted by atomic mass is 19.1. The molecule has 128 valence electrons. The van der Waals surface area contributed by atoms with Gasteiger partial charge in [-0.2, -0.15) is 4.39 Å². The van der Waals surface area contributed by atoms with E-state index in [1.165, 1.54) is 19.1 Å². The molecule has 2 aromatic carbocycles. The van der Waals surface area contributed by atoms with E-state index < -0.39 is 33.6 Å². The maximum Gasteiger partial charge on any atom is 0.340 e. The van der Waals surface area contributed by atoms with Crippen LogP contribution in [0.3, 0.4) is 0 Å². The number of nitro groups is 1. The molecule has 0 spiro atoms. The number of phenolic OH excluding ortho intramolecular Hbond substituents is 1. The summed E-state index contributed by atoms with van der Waals surface area (Å²) in [5.41, 5.74) is -1.15. The number of hydrogen-bond donors (Lipinski definition) is 1. The van der Waals surface area contributed by atoms with Crippen molar-refractivity contribution in [1.82, 2.24) is 0 Å². The van der Waals surface area contributed by atoms with Crippen molar-refractivity contribution >= 4 is 16.7 Å². The second-order valence-electron chi connectivity index (χ2n) is 5.48. The SMILES string of the molecule is Cc1c(Cc2cccc([N+](=O)[O-])c2F)c(=O)oc2cc(O)c(F)cc12. The molecule has 0 aliphatic carbocycles.